The number of thioether (sulfide) groups is 1. The summed E-state index contributed by atoms with van der Waals surface area (Å²) < 4.78 is 0. The normalized spacial score (nSPS) is 10.3. The standard InChI is InChI=1S/C13H12OS2/c1-10-3-2-4-11(7-10)15-9-13-6-5-12(8-14)16-13/h2-8H,9H2,1H3. The van der Waals surface area contributed by atoms with Crippen LogP contribution in [-0.2, 0) is 5.75 Å². The number of aldehydes is 1. The average Bonchev–Trinajstić information content (AvgIpc) is 2.74. The van der Waals surface area contributed by atoms with Gasteiger partial charge in [-0.3, -0.25) is 4.79 Å². The van der Waals surface area contributed by atoms with Crippen LogP contribution in [0.2, 0.25) is 0 Å². The molecule has 0 aliphatic carbocycles. The predicted molar refractivity (Wildman–Crippen MR) is 70.4 cm³/mol. The first-order valence-corrected chi connectivity index (χ1v) is 6.81. The molecular weight excluding hydrogens is 236 g/mol. The summed E-state index contributed by atoms with van der Waals surface area (Å²) in [5, 5.41) is 0. The Labute approximate surface area is 104 Å². The molecule has 0 spiro atoms. The molecule has 0 fully saturated rings. The molecule has 1 heterocycles. The number of carbonyl (C=O) groups excluding carboxylic acids is 1. The number of aryl methyl sites for hydroxylation is 1. The van der Waals surface area contributed by atoms with Crippen LogP contribution >= 0.6 is 23.1 Å². The van der Waals surface area contributed by atoms with E-state index in [4.69, 9.17) is 0 Å². The highest BCUT2D eigenvalue weighted by molar-refractivity contribution is 7.98. The van der Waals surface area contributed by atoms with Crippen LogP contribution in [0.3, 0.4) is 0 Å². The second-order valence-corrected chi connectivity index (χ2v) is 5.78. The first-order chi connectivity index (χ1) is 7.78. The highest BCUT2D eigenvalue weighted by atomic mass is 32.2. The van der Waals surface area contributed by atoms with Crippen molar-refractivity contribution < 1.29 is 4.79 Å². The molecule has 1 nitrogen and oxygen atoms in total. The van der Waals surface area contributed by atoms with Crippen molar-refractivity contribution in [3.05, 3.63) is 51.7 Å². The molecular formula is C13H12OS2. The number of thiophene rings is 1. The SMILES string of the molecule is Cc1cccc(SCc2ccc(C=O)s2)c1. The topological polar surface area (TPSA) is 17.1 Å². The maximum Gasteiger partial charge on any atom is 0.160 e. The summed E-state index contributed by atoms with van der Waals surface area (Å²) in [6, 6.07) is 12.4. The second kappa shape index (κ2) is 5.32. The number of hydrogen-bond acceptors (Lipinski definition) is 3. The Morgan fingerprint density at radius 1 is 1.31 bits per heavy atom. The molecule has 0 saturated carbocycles. The highest BCUT2D eigenvalue weighted by Crippen LogP contribution is 2.26. The molecule has 0 amide bonds. The summed E-state index contributed by atoms with van der Waals surface area (Å²) in [5.41, 5.74) is 1.28. The lowest BCUT2D eigenvalue weighted by molar-refractivity contribution is 0.112. The fraction of sp³-hybridized carbons (Fsp3) is 0.154. The third-order valence-corrected chi connectivity index (χ3v) is 4.41. The number of hydrogen-bond donors (Lipinski definition) is 0. The number of rotatable bonds is 4. The first-order valence-electron chi connectivity index (χ1n) is 5.01. The Morgan fingerprint density at radius 2 is 2.19 bits per heavy atom. The monoisotopic (exact) mass is 248 g/mol. The molecule has 0 saturated heterocycles. The molecule has 0 aliphatic heterocycles. The van der Waals surface area contributed by atoms with Crippen LogP contribution in [0.25, 0.3) is 0 Å². The van der Waals surface area contributed by atoms with E-state index in [0.29, 0.717) is 0 Å². The summed E-state index contributed by atoms with van der Waals surface area (Å²) in [5.74, 6) is 0.932. The van der Waals surface area contributed by atoms with Gasteiger partial charge in [-0.2, -0.15) is 0 Å². The van der Waals surface area contributed by atoms with Crippen LogP contribution < -0.4 is 0 Å². The Bertz CT molecular complexity index is 488. The van der Waals surface area contributed by atoms with E-state index >= 15 is 0 Å². The molecule has 0 atom stereocenters. The van der Waals surface area contributed by atoms with Gasteiger partial charge in [0.25, 0.3) is 0 Å². The molecule has 3 heteroatoms. The van der Waals surface area contributed by atoms with Crippen molar-refractivity contribution in [3.8, 4) is 0 Å². The lowest BCUT2D eigenvalue weighted by Crippen LogP contribution is -1.76. The van der Waals surface area contributed by atoms with E-state index in [0.717, 1.165) is 16.9 Å². The van der Waals surface area contributed by atoms with Crippen molar-refractivity contribution in [2.45, 2.75) is 17.6 Å². The Hall–Kier alpha value is -1.06. The van der Waals surface area contributed by atoms with Crippen molar-refractivity contribution >= 4 is 29.4 Å². The molecule has 1 aromatic heterocycles. The van der Waals surface area contributed by atoms with Gasteiger partial charge < -0.3 is 0 Å². The fourth-order valence-electron chi connectivity index (χ4n) is 1.40. The first kappa shape index (κ1) is 11.4. The zero-order valence-electron chi connectivity index (χ0n) is 8.97. The summed E-state index contributed by atoms with van der Waals surface area (Å²) >= 11 is 3.37. The molecule has 0 bridgehead atoms. The van der Waals surface area contributed by atoms with Crippen LogP contribution in [0.4, 0.5) is 0 Å². The number of carbonyl (C=O) groups is 1. The maximum atomic E-state index is 10.5. The summed E-state index contributed by atoms with van der Waals surface area (Å²) in [4.78, 5) is 13.9. The molecule has 0 unspecified atom stereocenters. The predicted octanol–water partition coefficient (Wildman–Crippen LogP) is 4.16. The highest BCUT2D eigenvalue weighted by Gasteiger charge is 2.00. The van der Waals surface area contributed by atoms with E-state index < -0.39 is 0 Å². The van der Waals surface area contributed by atoms with E-state index in [2.05, 4.69) is 31.2 Å². The van der Waals surface area contributed by atoms with E-state index in [1.54, 1.807) is 23.1 Å². The van der Waals surface area contributed by atoms with E-state index in [-0.39, 0.29) is 0 Å². The van der Waals surface area contributed by atoms with Gasteiger partial charge in [-0.15, -0.1) is 23.1 Å². The van der Waals surface area contributed by atoms with Crippen molar-refractivity contribution in [2.24, 2.45) is 0 Å². The quantitative estimate of drug-likeness (QED) is 0.597. The van der Waals surface area contributed by atoms with Gasteiger partial charge >= 0.3 is 0 Å². The van der Waals surface area contributed by atoms with Gasteiger partial charge in [0, 0.05) is 15.5 Å². The third kappa shape index (κ3) is 2.97. The second-order valence-electron chi connectivity index (χ2n) is 3.53. The number of benzene rings is 1. The zero-order valence-corrected chi connectivity index (χ0v) is 10.6. The van der Waals surface area contributed by atoms with Gasteiger partial charge in [-0.1, -0.05) is 17.7 Å². The van der Waals surface area contributed by atoms with Crippen molar-refractivity contribution in [3.63, 3.8) is 0 Å². The minimum absolute atomic E-state index is 0.805. The fourth-order valence-corrected chi connectivity index (χ4v) is 3.28. The van der Waals surface area contributed by atoms with E-state index in [1.165, 1.54) is 15.3 Å². The van der Waals surface area contributed by atoms with Crippen molar-refractivity contribution in [2.75, 3.05) is 0 Å². The van der Waals surface area contributed by atoms with Gasteiger partial charge in [0.05, 0.1) is 4.88 Å². The van der Waals surface area contributed by atoms with Crippen LogP contribution in [0, 0.1) is 6.92 Å². The molecule has 1 aromatic carbocycles. The smallest absolute Gasteiger partial charge is 0.160 e. The minimum Gasteiger partial charge on any atom is -0.297 e. The molecule has 0 N–H and O–H groups in total. The molecule has 82 valence electrons. The zero-order chi connectivity index (χ0) is 11.4. The van der Waals surface area contributed by atoms with Crippen LogP contribution in [0.5, 0.6) is 0 Å². The van der Waals surface area contributed by atoms with E-state index in [9.17, 15) is 4.79 Å². The molecule has 0 aliphatic rings. The van der Waals surface area contributed by atoms with Gasteiger partial charge in [-0.05, 0) is 31.2 Å². The third-order valence-electron chi connectivity index (χ3n) is 2.17. The summed E-state index contributed by atoms with van der Waals surface area (Å²) in [6.45, 7) is 2.10. The van der Waals surface area contributed by atoms with Crippen LogP contribution in [-0.4, -0.2) is 6.29 Å². The van der Waals surface area contributed by atoms with E-state index in [1.807, 2.05) is 12.1 Å². The van der Waals surface area contributed by atoms with Crippen molar-refractivity contribution in [1.82, 2.24) is 0 Å². The maximum absolute atomic E-state index is 10.5. The van der Waals surface area contributed by atoms with Gasteiger partial charge in [0.2, 0.25) is 0 Å². The molecule has 2 rings (SSSR count). The molecule has 0 radical (unpaired) electrons. The summed E-state index contributed by atoms with van der Waals surface area (Å²) in [7, 11) is 0. The van der Waals surface area contributed by atoms with Crippen LogP contribution in [0.1, 0.15) is 20.1 Å². The Morgan fingerprint density at radius 3 is 2.88 bits per heavy atom. The average molecular weight is 248 g/mol. The lowest BCUT2D eigenvalue weighted by atomic mass is 10.2. The molecule has 2 aromatic rings. The lowest BCUT2D eigenvalue weighted by Gasteiger charge is -2.00. The summed E-state index contributed by atoms with van der Waals surface area (Å²) in [6.07, 6.45) is 0.908. The van der Waals surface area contributed by atoms with Gasteiger partial charge in [0.1, 0.15) is 0 Å². The Kier molecular flexibility index (Phi) is 3.80. The largest absolute Gasteiger partial charge is 0.297 e. The van der Waals surface area contributed by atoms with Gasteiger partial charge in [0.15, 0.2) is 6.29 Å². The van der Waals surface area contributed by atoms with Gasteiger partial charge in [-0.25, -0.2) is 0 Å². The Balaban J connectivity index is 1.99. The van der Waals surface area contributed by atoms with Crippen LogP contribution in [0.15, 0.2) is 41.3 Å². The minimum atomic E-state index is 0.805. The van der Waals surface area contributed by atoms with Crippen molar-refractivity contribution in [1.29, 1.82) is 0 Å². The molecule has 16 heavy (non-hydrogen) atoms.